The lowest BCUT2D eigenvalue weighted by Crippen LogP contribution is -2.39. The Morgan fingerprint density at radius 1 is 1.32 bits per heavy atom. The average Bonchev–Trinajstić information content (AvgIpc) is 2.58. The molecule has 2 rings (SSSR count). The van der Waals surface area contributed by atoms with Gasteiger partial charge in [0, 0.05) is 10.9 Å². The maximum atomic E-state index is 5.96. The molecule has 1 heterocycles. The smallest absolute Gasteiger partial charge is 0.189 e. The third-order valence-corrected chi connectivity index (χ3v) is 4.72. The van der Waals surface area contributed by atoms with E-state index in [4.69, 9.17) is 5.73 Å². The van der Waals surface area contributed by atoms with E-state index in [0.717, 1.165) is 10.7 Å². The van der Waals surface area contributed by atoms with Gasteiger partial charge in [0.1, 0.15) is 5.01 Å². The van der Waals surface area contributed by atoms with Crippen molar-refractivity contribution in [2.75, 3.05) is 0 Å². The van der Waals surface area contributed by atoms with Crippen molar-refractivity contribution < 1.29 is 0 Å². The van der Waals surface area contributed by atoms with Crippen LogP contribution in [0.15, 0.2) is 4.99 Å². The zero-order chi connectivity index (χ0) is 13.7. The van der Waals surface area contributed by atoms with Crippen molar-refractivity contribution in [2.24, 2.45) is 10.7 Å². The summed E-state index contributed by atoms with van der Waals surface area (Å²) in [5, 5.41) is 4.40. The summed E-state index contributed by atoms with van der Waals surface area (Å²) < 4.78 is 0. The fourth-order valence-electron chi connectivity index (χ4n) is 2.44. The minimum Gasteiger partial charge on any atom is -0.370 e. The number of hydrogen-bond donors (Lipinski definition) is 2. The number of nitrogens with two attached hydrogens (primary N) is 1. The number of hydrogen-bond acceptors (Lipinski definition) is 3. The molecule has 0 amide bonds. The van der Waals surface area contributed by atoms with Crippen molar-refractivity contribution in [1.29, 1.82) is 0 Å². The second-order valence-corrected chi connectivity index (χ2v) is 6.57. The van der Waals surface area contributed by atoms with Crippen molar-refractivity contribution in [3.05, 3.63) is 15.6 Å². The van der Waals surface area contributed by atoms with Crippen LogP contribution in [0.25, 0.3) is 0 Å². The van der Waals surface area contributed by atoms with Gasteiger partial charge in [0.15, 0.2) is 5.96 Å². The van der Waals surface area contributed by atoms with Crippen LogP contribution in [0.4, 0.5) is 0 Å². The molecule has 5 heteroatoms. The lowest BCUT2D eigenvalue weighted by molar-refractivity contribution is 0.530. The summed E-state index contributed by atoms with van der Waals surface area (Å²) in [6.07, 6.45) is 7.74. The van der Waals surface area contributed by atoms with Gasteiger partial charge in [-0.3, -0.25) is 0 Å². The molecule has 1 aliphatic carbocycles. The van der Waals surface area contributed by atoms with E-state index in [-0.39, 0.29) is 0 Å². The molecule has 4 nitrogen and oxygen atoms in total. The van der Waals surface area contributed by atoms with Gasteiger partial charge in [-0.15, -0.1) is 11.3 Å². The van der Waals surface area contributed by atoms with Crippen molar-refractivity contribution in [1.82, 2.24) is 10.3 Å². The second kappa shape index (κ2) is 6.89. The Kier molecular flexibility index (Phi) is 5.19. The monoisotopic (exact) mass is 280 g/mol. The van der Waals surface area contributed by atoms with E-state index in [1.165, 1.54) is 43.4 Å². The zero-order valence-electron chi connectivity index (χ0n) is 11.9. The molecular weight excluding hydrogens is 256 g/mol. The van der Waals surface area contributed by atoms with E-state index in [9.17, 15) is 0 Å². The minimum atomic E-state index is 0.506. The first-order valence-electron chi connectivity index (χ1n) is 7.14. The predicted molar refractivity (Wildman–Crippen MR) is 81.5 cm³/mol. The van der Waals surface area contributed by atoms with Gasteiger partial charge in [-0.1, -0.05) is 25.7 Å². The number of thiazole rings is 1. The van der Waals surface area contributed by atoms with Crippen LogP contribution in [0.2, 0.25) is 0 Å². The highest BCUT2D eigenvalue weighted by molar-refractivity contribution is 7.11. The summed E-state index contributed by atoms with van der Waals surface area (Å²) in [4.78, 5) is 10.1. The summed E-state index contributed by atoms with van der Waals surface area (Å²) in [5.74, 6) is 0.567. The fraction of sp³-hybridized carbons (Fsp3) is 0.714. The molecule has 0 atom stereocenters. The predicted octanol–water partition coefficient (Wildman–Crippen LogP) is 2.89. The molecule has 3 N–H and O–H groups in total. The molecule has 1 aromatic rings. The standard InChI is InChI=1S/C14H24N4S/c1-10-11(2)19-13(17-10)9-16-14(15)18-12-7-5-3-4-6-8-12/h12H,3-9H2,1-2H3,(H3,15,16,18). The Labute approximate surface area is 119 Å². The number of aryl methyl sites for hydroxylation is 2. The van der Waals surface area contributed by atoms with E-state index >= 15 is 0 Å². The van der Waals surface area contributed by atoms with Gasteiger partial charge < -0.3 is 11.1 Å². The molecule has 0 spiro atoms. The Bertz CT molecular complexity index is 411. The van der Waals surface area contributed by atoms with Gasteiger partial charge in [-0.25, -0.2) is 9.98 Å². The molecule has 1 saturated carbocycles. The van der Waals surface area contributed by atoms with Gasteiger partial charge in [-0.2, -0.15) is 0 Å². The molecule has 0 saturated heterocycles. The van der Waals surface area contributed by atoms with Crippen molar-refractivity contribution in [3.8, 4) is 0 Å². The summed E-state index contributed by atoms with van der Waals surface area (Å²) >= 11 is 1.70. The maximum absolute atomic E-state index is 5.96. The molecule has 1 fully saturated rings. The van der Waals surface area contributed by atoms with Gasteiger partial charge in [0.05, 0.1) is 12.2 Å². The van der Waals surface area contributed by atoms with E-state index in [1.54, 1.807) is 11.3 Å². The van der Waals surface area contributed by atoms with E-state index in [0.29, 0.717) is 18.5 Å². The first kappa shape index (κ1) is 14.3. The Balaban J connectivity index is 1.84. The van der Waals surface area contributed by atoms with Crippen LogP contribution in [0, 0.1) is 13.8 Å². The van der Waals surface area contributed by atoms with Crippen LogP contribution in [0.3, 0.4) is 0 Å². The van der Waals surface area contributed by atoms with Crippen molar-refractivity contribution >= 4 is 17.3 Å². The number of aliphatic imine (C=N–C) groups is 1. The SMILES string of the molecule is Cc1nc(CN=C(N)NC2CCCCCC2)sc1C. The number of guanidine groups is 1. The molecular formula is C14H24N4S. The molecule has 106 valence electrons. The first-order valence-corrected chi connectivity index (χ1v) is 7.96. The lowest BCUT2D eigenvalue weighted by atomic mass is 10.1. The van der Waals surface area contributed by atoms with Crippen LogP contribution in [0.5, 0.6) is 0 Å². The van der Waals surface area contributed by atoms with E-state index < -0.39 is 0 Å². The molecule has 0 aromatic carbocycles. The van der Waals surface area contributed by atoms with Crippen LogP contribution in [-0.4, -0.2) is 17.0 Å². The summed E-state index contributed by atoms with van der Waals surface area (Å²) in [6.45, 7) is 4.71. The van der Waals surface area contributed by atoms with Gasteiger partial charge in [0.2, 0.25) is 0 Å². The van der Waals surface area contributed by atoms with Gasteiger partial charge in [-0.05, 0) is 26.7 Å². The summed E-state index contributed by atoms with van der Waals surface area (Å²) in [6, 6.07) is 0.506. The Hall–Kier alpha value is -1.10. The molecule has 0 unspecified atom stereocenters. The van der Waals surface area contributed by atoms with Gasteiger partial charge >= 0.3 is 0 Å². The summed E-state index contributed by atoms with van der Waals surface area (Å²) in [7, 11) is 0. The maximum Gasteiger partial charge on any atom is 0.189 e. The number of nitrogens with zero attached hydrogens (tertiary/aromatic N) is 2. The topological polar surface area (TPSA) is 63.3 Å². The quantitative estimate of drug-likeness (QED) is 0.508. The lowest BCUT2D eigenvalue weighted by Gasteiger charge is -2.16. The number of aromatic nitrogens is 1. The van der Waals surface area contributed by atoms with Gasteiger partial charge in [0.25, 0.3) is 0 Å². The average molecular weight is 280 g/mol. The highest BCUT2D eigenvalue weighted by atomic mass is 32.1. The first-order chi connectivity index (χ1) is 9.15. The molecule has 0 aliphatic heterocycles. The fourth-order valence-corrected chi connectivity index (χ4v) is 3.30. The van der Waals surface area contributed by atoms with Crippen molar-refractivity contribution in [2.45, 2.75) is 65.0 Å². The molecule has 0 bridgehead atoms. The largest absolute Gasteiger partial charge is 0.370 e. The zero-order valence-corrected chi connectivity index (χ0v) is 12.7. The minimum absolute atomic E-state index is 0.506. The number of rotatable bonds is 3. The van der Waals surface area contributed by atoms with Crippen molar-refractivity contribution in [3.63, 3.8) is 0 Å². The van der Waals surface area contributed by atoms with Crippen LogP contribution in [0.1, 0.15) is 54.1 Å². The van der Waals surface area contributed by atoms with Crippen LogP contribution in [-0.2, 0) is 6.54 Å². The molecule has 19 heavy (non-hydrogen) atoms. The third-order valence-electron chi connectivity index (χ3n) is 3.66. The summed E-state index contributed by atoms with van der Waals surface area (Å²) in [5.41, 5.74) is 7.07. The second-order valence-electron chi connectivity index (χ2n) is 5.28. The van der Waals surface area contributed by atoms with E-state index in [2.05, 4.69) is 22.2 Å². The Morgan fingerprint density at radius 3 is 2.58 bits per heavy atom. The highest BCUT2D eigenvalue weighted by Crippen LogP contribution is 2.18. The third kappa shape index (κ3) is 4.49. The van der Waals surface area contributed by atoms with E-state index in [1.807, 2.05) is 6.92 Å². The number of nitrogens with one attached hydrogen (secondary N) is 1. The van der Waals surface area contributed by atoms with Crippen LogP contribution < -0.4 is 11.1 Å². The molecule has 1 aliphatic rings. The normalized spacial score (nSPS) is 18.3. The Morgan fingerprint density at radius 2 is 2.00 bits per heavy atom. The molecule has 1 aromatic heterocycles. The highest BCUT2D eigenvalue weighted by Gasteiger charge is 2.12. The van der Waals surface area contributed by atoms with Crippen LogP contribution >= 0.6 is 11.3 Å². The molecule has 0 radical (unpaired) electrons.